The normalized spacial score (nSPS) is 11.5. The Hall–Kier alpha value is -2.51. The molecule has 0 aliphatic heterocycles. The number of ether oxygens (including phenoxy) is 1. The monoisotopic (exact) mass is 314 g/mol. The van der Waals surface area contributed by atoms with Gasteiger partial charge in [0.2, 0.25) is 0 Å². The van der Waals surface area contributed by atoms with Crippen LogP contribution >= 0.6 is 0 Å². The SMILES string of the molecule is CCn1nc(C(=O)O)cc1COc1ccccc1C(F)(F)F. The number of nitrogens with zero attached hydrogens (tertiary/aromatic N) is 2. The lowest BCUT2D eigenvalue weighted by molar-refractivity contribution is -0.139. The van der Waals surface area contributed by atoms with Crippen LogP contribution in [-0.2, 0) is 19.3 Å². The van der Waals surface area contributed by atoms with Crippen molar-refractivity contribution in [1.82, 2.24) is 9.78 Å². The van der Waals surface area contributed by atoms with Gasteiger partial charge in [-0.05, 0) is 25.1 Å². The molecule has 0 fully saturated rings. The predicted octanol–water partition coefficient (Wildman–Crippen LogP) is 3.20. The van der Waals surface area contributed by atoms with Crippen molar-refractivity contribution < 1.29 is 27.8 Å². The molecule has 8 heteroatoms. The molecular formula is C14H13F3N2O3. The molecule has 5 nitrogen and oxygen atoms in total. The molecule has 1 aromatic heterocycles. The third kappa shape index (κ3) is 3.38. The standard InChI is InChI=1S/C14H13F3N2O3/c1-2-19-9(7-11(18-19)13(20)21)8-22-12-6-4-3-5-10(12)14(15,16)17/h3-7H,2,8H2,1H3,(H,20,21). The zero-order valence-corrected chi connectivity index (χ0v) is 11.6. The maximum atomic E-state index is 12.9. The third-order valence-corrected chi connectivity index (χ3v) is 2.95. The minimum atomic E-state index is -4.52. The Morgan fingerprint density at radius 2 is 2.05 bits per heavy atom. The molecule has 0 radical (unpaired) electrons. The van der Waals surface area contributed by atoms with E-state index in [0.717, 1.165) is 6.07 Å². The van der Waals surface area contributed by atoms with Crippen LogP contribution in [0.5, 0.6) is 5.75 Å². The van der Waals surface area contributed by atoms with E-state index in [1.165, 1.54) is 28.9 Å². The molecule has 1 aromatic carbocycles. The zero-order valence-electron chi connectivity index (χ0n) is 11.6. The van der Waals surface area contributed by atoms with Crippen LogP contribution in [0.3, 0.4) is 0 Å². The van der Waals surface area contributed by atoms with Gasteiger partial charge in [0.05, 0.1) is 11.3 Å². The molecule has 0 amide bonds. The highest BCUT2D eigenvalue weighted by Crippen LogP contribution is 2.36. The molecule has 118 valence electrons. The van der Waals surface area contributed by atoms with E-state index in [0.29, 0.717) is 12.2 Å². The van der Waals surface area contributed by atoms with Crippen molar-refractivity contribution in [2.24, 2.45) is 0 Å². The molecule has 0 spiro atoms. The molecule has 22 heavy (non-hydrogen) atoms. The number of hydrogen-bond donors (Lipinski definition) is 1. The molecule has 0 atom stereocenters. The van der Waals surface area contributed by atoms with Crippen molar-refractivity contribution in [1.29, 1.82) is 0 Å². The lowest BCUT2D eigenvalue weighted by Crippen LogP contribution is -2.10. The lowest BCUT2D eigenvalue weighted by atomic mass is 10.2. The van der Waals surface area contributed by atoms with Gasteiger partial charge in [0.25, 0.3) is 0 Å². The molecule has 0 aliphatic rings. The Balaban J connectivity index is 2.22. The molecule has 2 aromatic rings. The van der Waals surface area contributed by atoms with Crippen LogP contribution in [0.4, 0.5) is 13.2 Å². The van der Waals surface area contributed by atoms with Crippen molar-refractivity contribution in [2.75, 3.05) is 0 Å². The van der Waals surface area contributed by atoms with Gasteiger partial charge in [-0.2, -0.15) is 18.3 Å². The van der Waals surface area contributed by atoms with E-state index in [1.807, 2.05) is 0 Å². The van der Waals surface area contributed by atoms with E-state index in [-0.39, 0.29) is 18.1 Å². The smallest absolute Gasteiger partial charge is 0.419 e. The van der Waals surface area contributed by atoms with E-state index in [9.17, 15) is 18.0 Å². The lowest BCUT2D eigenvalue weighted by Gasteiger charge is -2.13. The Labute approximate surface area is 123 Å². The fourth-order valence-corrected chi connectivity index (χ4v) is 1.93. The number of aromatic carboxylic acids is 1. The van der Waals surface area contributed by atoms with Crippen molar-refractivity contribution in [3.05, 3.63) is 47.3 Å². The van der Waals surface area contributed by atoms with Gasteiger partial charge in [0, 0.05) is 6.54 Å². The first-order valence-electron chi connectivity index (χ1n) is 6.42. The predicted molar refractivity (Wildman–Crippen MR) is 70.6 cm³/mol. The summed E-state index contributed by atoms with van der Waals surface area (Å²) in [4.78, 5) is 10.9. The van der Waals surface area contributed by atoms with Crippen LogP contribution in [0.2, 0.25) is 0 Å². The van der Waals surface area contributed by atoms with Gasteiger partial charge >= 0.3 is 12.1 Å². The van der Waals surface area contributed by atoms with E-state index in [1.54, 1.807) is 6.92 Å². The van der Waals surface area contributed by atoms with Gasteiger partial charge in [-0.25, -0.2) is 4.79 Å². The Morgan fingerprint density at radius 3 is 2.64 bits per heavy atom. The highest BCUT2D eigenvalue weighted by atomic mass is 19.4. The van der Waals surface area contributed by atoms with Gasteiger partial charge in [-0.3, -0.25) is 4.68 Å². The minimum Gasteiger partial charge on any atom is -0.487 e. The van der Waals surface area contributed by atoms with Crippen LogP contribution in [0.15, 0.2) is 30.3 Å². The van der Waals surface area contributed by atoms with Crippen molar-refractivity contribution in [2.45, 2.75) is 26.3 Å². The average molecular weight is 314 g/mol. The Bertz CT molecular complexity index is 680. The summed E-state index contributed by atoms with van der Waals surface area (Å²) in [6.07, 6.45) is -4.52. The second-order valence-corrected chi connectivity index (χ2v) is 4.42. The highest BCUT2D eigenvalue weighted by Gasteiger charge is 2.34. The topological polar surface area (TPSA) is 64.4 Å². The van der Waals surface area contributed by atoms with E-state index < -0.39 is 17.7 Å². The van der Waals surface area contributed by atoms with E-state index >= 15 is 0 Å². The van der Waals surface area contributed by atoms with Crippen LogP contribution < -0.4 is 4.74 Å². The molecule has 0 saturated heterocycles. The number of benzene rings is 1. The Morgan fingerprint density at radius 1 is 1.36 bits per heavy atom. The summed E-state index contributed by atoms with van der Waals surface area (Å²) in [5.74, 6) is -1.51. The quantitative estimate of drug-likeness (QED) is 0.920. The number of aryl methyl sites for hydroxylation is 1. The molecule has 0 unspecified atom stereocenters. The largest absolute Gasteiger partial charge is 0.487 e. The fourth-order valence-electron chi connectivity index (χ4n) is 1.93. The number of carboxylic acid groups (broad SMARTS) is 1. The second-order valence-electron chi connectivity index (χ2n) is 4.42. The van der Waals surface area contributed by atoms with Gasteiger partial charge in [-0.1, -0.05) is 12.1 Å². The number of carboxylic acids is 1. The summed E-state index contributed by atoms with van der Waals surface area (Å²) in [6, 6.07) is 6.13. The van der Waals surface area contributed by atoms with E-state index in [2.05, 4.69) is 5.10 Å². The molecule has 0 saturated carbocycles. The number of hydrogen-bond acceptors (Lipinski definition) is 3. The number of rotatable bonds is 5. The van der Waals surface area contributed by atoms with Gasteiger partial charge in [-0.15, -0.1) is 0 Å². The number of carbonyl (C=O) groups is 1. The van der Waals surface area contributed by atoms with Gasteiger partial charge in [0.1, 0.15) is 12.4 Å². The summed E-state index contributed by atoms with van der Waals surface area (Å²) < 4.78 is 45.1. The minimum absolute atomic E-state index is 0.176. The maximum absolute atomic E-state index is 12.9. The van der Waals surface area contributed by atoms with Crippen LogP contribution in [-0.4, -0.2) is 20.9 Å². The van der Waals surface area contributed by atoms with Crippen LogP contribution in [0, 0.1) is 0 Å². The third-order valence-electron chi connectivity index (χ3n) is 2.95. The summed E-state index contributed by atoms with van der Waals surface area (Å²) in [5, 5.41) is 12.7. The van der Waals surface area contributed by atoms with E-state index in [4.69, 9.17) is 9.84 Å². The highest BCUT2D eigenvalue weighted by molar-refractivity contribution is 5.85. The summed E-state index contributed by atoms with van der Waals surface area (Å²) in [6.45, 7) is 1.92. The summed E-state index contributed by atoms with van der Waals surface area (Å²) >= 11 is 0. The first-order valence-corrected chi connectivity index (χ1v) is 6.42. The summed E-state index contributed by atoms with van der Waals surface area (Å²) in [5.41, 5.74) is -0.669. The van der Waals surface area contributed by atoms with Crippen LogP contribution in [0.1, 0.15) is 28.7 Å². The molecule has 0 bridgehead atoms. The Kier molecular flexibility index (Phi) is 4.39. The van der Waals surface area contributed by atoms with Gasteiger partial charge in [0.15, 0.2) is 5.69 Å². The molecule has 2 rings (SSSR count). The van der Waals surface area contributed by atoms with Crippen molar-refractivity contribution in [3.63, 3.8) is 0 Å². The first-order chi connectivity index (χ1) is 10.3. The molecule has 1 N–H and O–H groups in total. The molecule has 1 heterocycles. The van der Waals surface area contributed by atoms with Crippen LogP contribution in [0.25, 0.3) is 0 Å². The number of aromatic nitrogens is 2. The maximum Gasteiger partial charge on any atom is 0.419 e. The first kappa shape index (κ1) is 15.9. The van der Waals surface area contributed by atoms with Gasteiger partial charge < -0.3 is 9.84 Å². The molecular weight excluding hydrogens is 301 g/mol. The average Bonchev–Trinajstić information content (AvgIpc) is 2.88. The number of alkyl halides is 3. The summed E-state index contributed by atoms with van der Waals surface area (Å²) in [7, 11) is 0. The van der Waals surface area contributed by atoms with Crippen molar-refractivity contribution >= 4 is 5.97 Å². The number of para-hydroxylation sites is 1. The zero-order chi connectivity index (χ0) is 16.3. The van der Waals surface area contributed by atoms with Crippen molar-refractivity contribution in [3.8, 4) is 5.75 Å². The second kappa shape index (κ2) is 6.08. The number of halogens is 3. The molecule has 0 aliphatic carbocycles. The fraction of sp³-hybridized carbons (Fsp3) is 0.286.